The minimum absolute atomic E-state index is 0.0315. The Balaban J connectivity index is 1.46. The molecule has 2 N–H and O–H groups in total. The summed E-state index contributed by atoms with van der Waals surface area (Å²) < 4.78 is 20.1. The standard InChI is InChI=1S/C22H23ClFN5O4/c1-33-15-10-18(29(12-15)22(32)27-19-7-4-13(23)11-25-19)21(31)26-17-6-5-14(9-16(17)24)28-8-2-3-20(28)30/h4-7,9,11,15,18H,2-3,8,10,12H2,1H3,(H,26,31)(H,25,27,32). The molecule has 174 valence electrons. The summed E-state index contributed by atoms with van der Waals surface area (Å²) in [5, 5.41) is 5.61. The van der Waals surface area contributed by atoms with Crippen LogP contribution in [0, 0.1) is 5.82 Å². The third-order valence-corrected chi connectivity index (χ3v) is 5.94. The highest BCUT2D eigenvalue weighted by Gasteiger charge is 2.40. The predicted octanol–water partition coefficient (Wildman–Crippen LogP) is 3.26. The highest BCUT2D eigenvalue weighted by molar-refractivity contribution is 6.30. The molecule has 3 heterocycles. The number of hydrogen-bond acceptors (Lipinski definition) is 5. The topological polar surface area (TPSA) is 104 Å². The molecule has 9 nitrogen and oxygen atoms in total. The first-order valence-corrected chi connectivity index (χ1v) is 10.9. The number of amides is 4. The number of hydrogen-bond donors (Lipinski definition) is 2. The van der Waals surface area contributed by atoms with Gasteiger partial charge in [-0.05, 0) is 36.8 Å². The molecule has 2 saturated heterocycles. The fourth-order valence-electron chi connectivity index (χ4n) is 3.98. The van der Waals surface area contributed by atoms with Gasteiger partial charge in [0.1, 0.15) is 17.7 Å². The van der Waals surface area contributed by atoms with Gasteiger partial charge in [0.15, 0.2) is 0 Å². The minimum Gasteiger partial charge on any atom is -0.380 e. The number of nitrogens with one attached hydrogen (secondary N) is 2. The van der Waals surface area contributed by atoms with Crippen LogP contribution in [0.1, 0.15) is 19.3 Å². The van der Waals surface area contributed by atoms with Gasteiger partial charge in [0.05, 0.1) is 16.8 Å². The molecule has 0 aliphatic carbocycles. The molecular formula is C22H23ClFN5O4. The second kappa shape index (κ2) is 9.72. The van der Waals surface area contributed by atoms with E-state index in [1.807, 2.05) is 0 Å². The molecule has 0 radical (unpaired) electrons. The average molecular weight is 476 g/mol. The van der Waals surface area contributed by atoms with Gasteiger partial charge in [-0.15, -0.1) is 0 Å². The van der Waals surface area contributed by atoms with Gasteiger partial charge in [0.2, 0.25) is 11.8 Å². The van der Waals surface area contributed by atoms with Gasteiger partial charge in [0, 0.05) is 44.9 Å². The first-order chi connectivity index (χ1) is 15.9. The summed E-state index contributed by atoms with van der Waals surface area (Å²) in [5.74, 6) is -0.983. The molecular weight excluding hydrogens is 453 g/mol. The summed E-state index contributed by atoms with van der Waals surface area (Å²) in [6, 6.07) is 5.95. The van der Waals surface area contributed by atoms with Crippen molar-refractivity contribution in [3.63, 3.8) is 0 Å². The van der Waals surface area contributed by atoms with Gasteiger partial charge in [-0.25, -0.2) is 14.2 Å². The minimum atomic E-state index is -0.874. The van der Waals surface area contributed by atoms with Crippen molar-refractivity contribution in [1.82, 2.24) is 9.88 Å². The van der Waals surface area contributed by atoms with Crippen LogP contribution in [0.15, 0.2) is 36.5 Å². The maximum atomic E-state index is 14.7. The molecule has 1 aromatic heterocycles. The normalized spacial score (nSPS) is 20.3. The Hall–Kier alpha value is -3.24. The highest BCUT2D eigenvalue weighted by atomic mass is 35.5. The molecule has 0 spiro atoms. The quantitative estimate of drug-likeness (QED) is 0.690. The molecule has 11 heteroatoms. The van der Waals surface area contributed by atoms with Gasteiger partial charge in [0.25, 0.3) is 0 Å². The third-order valence-electron chi connectivity index (χ3n) is 5.72. The number of carbonyl (C=O) groups is 3. The van der Waals surface area contributed by atoms with Crippen LogP contribution in [-0.4, -0.2) is 60.1 Å². The maximum absolute atomic E-state index is 14.7. The molecule has 0 saturated carbocycles. The number of methoxy groups -OCH3 is 1. The van der Waals surface area contributed by atoms with E-state index >= 15 is 0 Å². The molecule has 2 aliphatic heterocycles. The molecule has 4 rings (SSSR count). The van der Waals surface area contributed by atoms with Crippen molar-refractivity contribution in [3.8, 4) is 0 Å². The zero-order chi connectivity index (χ0) is 23.5. The van der Waals surface area contributed by atoms with E-state index in [9.17, 15) is 18.8 Å². The molecule has 1 aromatic carbocycles. The molecule has 2 aromatic rings. The summed E-state index contributed by atoms with van der Waals surface area (Å²) >= 11 is 5.82. The second-order valence-electron chi connectivity index (χ2n) is 7.86. The van der Waals surface area contributed by atoms with Crippen LogP contribution in [-0.2, 0) is 14.3 Å². The van der Waals surface area contributed by atoms with Crippen LogP contribution in [0.3, 0.4) is 0 Å². The Morgan fingerprint density at radius 2 is 2.06 bits per heavy atom. The van der Waals surface area contributed by atoms with Crippen molar-refractivity contribution in [2.45, 2.75) is 31.4 Å². The van der Waals surface area contributed by atoms with E-state index in [2.05, 4.69) is 15.6 Å². The van der Waals surface area contributed by atoms with Crippen molar-refractivity contribution in [2.24, 2.45) is 0 Å². The van der Waals surface area contributed by atoms with Crippen LogP contribution < -0.4 is 15.5 Å². The number of anilines is 3. The Morgan fingerprint density at radius 3 is 2.70 bits per heavy atom. The molecule has 0 bridgehead atoms. The van der Waals surface area contributed by atoms with E-state index in [0.717, 1.165) is 6.42 Å². The summed E-state index contributed by atoms with van der Waals surface area (Å²) in [7, 11) is 1.50. The van der Waals surface area contributed by atoms with Crippen molar-refractivity contribution < 1.29 is 23.5 Å². The van der Waals surface area contributed by atoms with Crippen molar-refractivity contribution in [1.29, 1.82) is 0 Å². The number of aromatic nitrogens is 1. The van der Waals surface area contributed by atoms with Crippen LogP contribution >= 0.6 is 11.6 Å². The van der Waals surface area contributed by atoms with Crippen molar-refractivity contribution in [3.05, 3.63) is 47.4 Å². The maximum Gasteiger partial charge on any atom is 0.323 e. The van der Waals surface area contributed by atoms with E-state index in [1.165, 1.54) is 35.2 Å². The van der Waals surface area contributed by atoms with Gasteiger partial charge in [-0.2, -0.15) is 0 Å². The zero-order valence-corrected chi connectivity index (χ0v) is 18.6. The van der Waals surface area contributed by atoms with Gasteiger partial charge < -0.3 is 19.9 Å². The number of halogens is 2. The lowest BCUT2D eigenvalue weighted by atomic mass is 10.1. The molecule has 2 atom stereocenters. The largest absolute Gasteiger partial charge is 0.380 e. The van der Waals surface area contributed by atoms with E-state index in [-0.39, 0.29) is 36.5 Å². The molecule has 4 amide bonds. The lowest BCUT2D eigenvalue weighted by molar-refractivity contribution is -0.119. The van der Waals surface area contributed by atoms with E-state index in [0.29, 0.717) is 23.7 Å². The first-order valence-electron chi connectivity index (χ1n) is 10.5. The summed E-state index contributed by atoms with van der Waals surface area (Å²) in [4.78, 5) is 44.6. The summed E-state index contributed by atoms with van der Waals surface area (Å²) in [6.07, 6.45) is 2.46. The molecule has 2 fully saturated rings. The van der Waals surface area contributed by atoms with Crippen LogP contribution in [0.25, 0.3) is 0 Å². The Morgan fingerprint density at radius 1 is 1.24 bits per heavy atom. The fourth-order valence-corrected chi connectivity index (χ4v) is 4.09. The van der Waals surface area contributed by atoms with Crippen molar-refractivity contribution in [2.75, 3.05) is 35.7 Å². The monoisotopic (exact) mass is 475 g/mol. The molecule has 2 unspecified atom stereocenters. The van der Waals surface area contributed by atoms with Gasteiger partial charge in [-0.1, -0.05) is 11.6 Å². The highest BCUT2D eigenvalue weighted by Crippen LogP contribution is 2.27. The average Bonchev–Trinajstić information content (AvgIpc) is 3.43. The molecule has 33 heavy (non-hydrogen) atoms. The number of likely N-dealkylation sites (tertiary alicyclic amines) is 1. The van der Waals surface area contributed by atoms with Crippen LogP contribution in [0.5, 0.6) is 0 Å². The predicted molar refractivity (Wildman–Crippen MR) is 121 cm³/mol. The SMILES string of the molecule is COC1CC(C(=O)Nc2ccc(N3CCCC3=O)cc2F)N(C(=O)Nc2ccc(Cl)cn2)C1. The van der Waals surface area contributed by atoms with Crippen molar-refractivity contribution >= 4 is 46.6 Å². The Bertz CT molecular complexity index is 1070. The number of nitrogens with zero attached hydrogens (tertiary/aromatic N) is 3. The first kappa shape index (κ1) is 22.9. The lowest BCUT2D eigenvalue weighted by Gasteiger charge is -2.24. The third kappa shape index (κ3) is 5.07. The van der Waals surface area contributed by atoms with E-state index < -0.39 is 23.8 Å². The number of urea groups is 1. The number of benzene rings is 1. The fraction of sp³-hybridized carbons (Fsp3) is 0.364. The zero-order valence-electron chi connectivity index (χ0n) is 17.9. The number of rotatable bonds is 5. The number of ether oxygens (including phenoxy) is 1. The van der Waals surface area contributed by atoms with Crippen LogP contribution in [0.2, 0.25) is 5.02 Å². The van der Waals surface area contributed by atoms with E-state index in [1.54, 1.807) is 18.2 Å². The smallest absolute Gasteiger partial charge is 0.323 e. The molecule has 2 aliphatic rings. The second-order valence-corrected chi connectivity index (χ2v) is 8.29. The number of carbonyl (C=O) groups excluding carboxylic acids is 3. The summed E-state index contributed by atoms with van der Waals surface area (Å²) in [5.41, 5.74) is 0.417. The Labute approximate surface area is 194 Å². The van der Waals surface area contributed by atoms with E-state index in [4.69, 9.17) is 16.3 Å². The van der Waals surface area contributed by atoms with Gasteiger partial charge >= 0.3 is 6.03 Å². The number of pyridine rings is 1. The van der Waals surface area contributed by atoms with Crippen LogP contribution in [0.4, 0.5) is 26.4 Å². The van der Waals surface area contributed by atoms with Gasteiger partial charge in [-0.3, -0.25) is 14.9 Å². The summed E-state index contributed by atoms with van der Waals surface area (Å²) in [6.45, 7) is 0.726. The Kier molecular flexibility index (Phi) is 6.75. The lowest BCUT2D eigenvalue weighted by Crippen LogP contribution is -2.45.